The van der Waals surface area contributed by atoms with Crippen LogP contribution < -0.4 is 9.47 Å². The maximum atomic E-state index is 5.52. The van der Waals surface area contributed by atoms with E-state index in [2.05, 4.69) is 34.0 Å². The van der Waals surface area contributed by atoms with Crippen LogP contribution in [0.25, 0.3) is 11.4 Å². The highest BCUT2D eigenvalue weighted by Crippen LogP contribution is 2.38. The number of hydrogen-bond donors (Lipinski definition) is 0. The normalized spacial score (nSPS) is 14.9. The molecule has 1 saturated carbocycles. The third-order valence-electron chi connectivity index (χ3n) is 5.66. The second-order valence-electron chi connectivity index (χ2n) is 8.16. The summed E-state index contributed by atoms with van der Waals surface area (Å²) in [6.07, 6.45) is 6.15. The smallest absolute Gasteiger partial charge is 0.192 e. The Kier molecular flexibility index (Phi) is 7.17. The molecule has 2 heterocycles. The van der Waals surface area contributed by atoms with E-state index in [-0.39, 0.29) is 0 Å². The molecule has 0 amide bonds. The molecule has 0 N–H and O–H groups in total. The summed E-state index contributed by atoms with van der Waals surface area (Å²) in [5.74, 6) is 3.59. The van der Waals surface area contributed by atoms with Gasteiger partial charge in [0.2, 0.25) is 0 Å². The van der Waals surface area contributed by atoms with Crippen LogP contribution in [0.5, 0.6) is 11.5 Å². The van der Waals surface area contributed by atoms with Gasteiger partial charge in [0, 0.05) is 28.7 Å². The maximum absolute atomic E-state index is 5.52. The first-order valence-corrected chi connectivity index (χ1v) is 12.7. The van der Waals surface area contributed by atoms with E-state index in [1.807, 2.05) is 18.2 Å². The molecule has 1 fully saturated rings. The molecule has 0 unspecified atom stereocenters. The second-order valence-corrected chi connectivity index (χ2v) is 9.99. The van der Waals surface area contributed by atoms with E-state index in [1.165, 1.54) is 37.1 Å². The summed E-state index contributed by atoms with van der Waals surface area (Å²) in [5.41, 5.74) is 2.11. The van der Waals surface area contributed by atoms with Gasteiger partial charge in [-0.3, -0.25) is 4.57 Å². The standard InChI is InChI=1S/C23H30N4O2S2/c1-15(2)22-24-17(13-30-22)14-31-23-26-25-21(27(23)18-8-6-5-7-9-18)16-10-11-19(28-3)20(12-16)29-4/h10-13,15,18H,5-9,14H2,1-4H3. The highest BCUT2D eigenvalue weighted by atomic mass is 32.2. The topological polar surface area (TPSA) is 62.1 Å². The molecule has 0 spiro atoms. The molecule has 0 bridgehead atoms. The van der Waals surface area contributed by atoms with Gasteiger partial charge in [0.05, 0.1) is 24.9 Å². The highest BCUT2D eigenvalue weighted by Gasteiger charge is 2.24. The lowest BCUT2D eigenvalue weighted by molar-refractivity contribution is 0.339. The summed E-state index contributed by atoms with van der Waals surface area (Å²) in [7, 11) is 3.31. The van der Waals surface area contributed by atoms with E-state index in [1.54, 1.807) is 37.3 Å². The summed E-state index contributed by atoms with van der Waals surface area (Å²) in [6, 6.07) is 6.39. The number of nitrogens with zero attached hydrogens (tertiary/aromatic N) is 4. The van der Waals surface area contributed by atoms with Gasteiger partial charge in [-0.25, -0.2) is 4.98 Å². The van der Waals surface area contributed by atoms with Crippen LogP contribution in [0.4, 0.5) is 0 Å². The third kappa shape index (κ3) is 4.90. The van der Waals surface area contributed by atoms with Crippen molar-refractivity contribution in [2.24, 2.45) is 0 Å². The van der Waals surface area contributed by atoms with Gasteiger partial charge in [-0.2, -0.15) is 0 Å². The Bertz CT molecular complexity index is 1010. The lowest BCUT2D eigenvalue weighted by atomic mass is 9.95. The van der Waals surface area contributed by atoms with Crippen molar-refractivity contribution in [3.63, 3.8) is 0 Å². The lowest BCUT2D eigenvalue weighted by Crippen LogP contribution is -2.15. The number of methoxy groups -OCH3 is 2. The SMILES string of the molecule is COc1ccc(-c2nnc(SCc3csc(C(C)C)n3)n2C2CCCCC2)cc1OC. The van der Waals surface area contributed by atoms with Crippen molar-refractivity contribution in [2.75, 3.05) is 14.2 Å². The number of aromatic nitrogens is 4. The summed E-state index contributed by atoms with van der Waals surface area (Å²) in [5, 5.41) is 13.5. The number of thiazole rings is 1. The molecule has 0 saturated heterocycles. The van der Waals surface area contributed by atoms with E-state index >= 15 is 0 Å². The quantitative estimate of drug-likeness (QED) is 0.367. The fraction of sp³-hybridized carbons (Fsp3) is 0.522. The molecule has 1 aliphatic rings. The first kappa shape index (κ1) is 22.1. The molecule has 6 nitrogen and oxygen atoms in total. The van der Waals surface area contributed by atoms with Gasteiger partial charge in [-0.15, -0.1) is 21.5 Å². The zero-order chi connectivity index (χ0) is 21.8. The van der Waals surface area contributed by atoms with Crippen LogP contribution in [0.3, 0.4) is 0 Å². The van der Waals surface area contributed by atoms with E-state index in [4.69, 9.17) is 14.5 Å². The van der Waals surface area contributed by atoms with Crippen molar-refractivity contribution in [3.05, 3.63) is 34.3 Å². The maximum Gasteiger partial charge on any atom is 0.192 e. The number of benzene rings is 1. The minimum Gasteiger partial charge on any atom is -0.493 e. The Hall–Kier alpha value is -2.06. The molecule has 0 atom stereocenters. The van der Waals surface area contributed by atoms with Gasteiger partial charge >= 0.3 is 0 Å². The van der Waals surface area contributed by atoms with Crippen LogP contribution in [0.2, 0.25) is 0 Å². The molecule has 8 heteroatoms. The lowest BCUT2D eigenvalue weighted by Gasteiger charge is -2.25. The van der Waals surface area contributed by atoms with Crippen molar-refractivity contribution >= 4 is 23.1 Å². The van der Waals surface area contributed by atoms with Crippen molar-refractivity contribution in [3.8, 4) is 22.9 Å². The molecule has 2 aromatic heterocycles. The molecule has 166 valence electrons. The van der Waals surface area contributed by atoms with Gasteiger partial charge < -0.3 is 9.47 Å². The van der Waals surface area contributed by atoms with E-state index in [0.717, 1.165) is 28.0 Å². The van der Waals surface area contributed by atoms with Crippen LogP contribution in [-0.4, -0.2) is 34.0 Å². The van der Waals surface area contributed by atoms with Crippen molar-refractivity contribution in [1.82, 2.24) is 19.7 Å². The molecule has 1 aromatic carbocycles. The largest absolute Gasteiger partial charge is 0.493 e. The number of thioether (sulfide) groups is 1. The predicted molar refractivity (Wildman–Crippen MR) is 126 cm³/mol. The Balaban J connectivity index is 1.65. The van der Waals surface area contributed by atoms with Crippen LogP contribution >= 0.6 is 23.1 Å². The third-order valence-corrected chi connectivity index (χ3v) is 7.83. The fourth-order valence-corrected chi connectivity index (χ4v) is 5.85. The molecule has 4 rings (SSSR count). The van der Waals surface area contributed by atoms with E-state index in [9.17, 15) is 0 Å². The molecule has 3 aromatic rings. The molecular weight excluding hydrogens is 428 g/mol. The monoisotopic (exact) mass is 458 g/mol. The predicted octanol–water partition coefficient (Wildman–Crippen LogP) is 6.34. The van der Waals surface area contributed by atoms with Gasteiger partial charge in [-0.1, -0.05) is 44.9 Å². The number of ether oxygens (including phenoxy) is 2. The number of hydrogen-bond acceptors (Lipinski definition) is 7. The van der Waals surface area contributed by atoms with Gasteiger partial charge in [0.25, 0.3) is 0 Å². The van der Waals surface area contributed by atoms with Crippen molar-refractivity contribution < 1.29 is 9.47 Å². The fourth-order valence-electron chi connectivity index (χ4n) is 4.01. The van der Waals surface area contributed by atoms with Crippen molar-refractivity contribution in [1.29, 1.82) is 0 Å². The zero-order valence-corrected chi connectivity index (χ0v) is 20.3. The summed E-state index contributed by atoms with van der Waals surface area (Å²) < 4.78 is 13.3. The van der Waals surface area contributed by atoms with Gasteiger partial charge in [0.1, 0.15) is 0 Å². The van der Waals surface area contributed by atoms with Gasteiger partial charge in [0.15, 0.2) is 22.5 Å². The summed E-state index contributed by atoms with van der Waals surface area (Å²) >= 11 is 3.47. The van der Waals surface area contributed by atoms with Crippen LogP contribution in [0.1, 0.15) is 68.6 Å². The molecule has 0 aliphatic heterocycles. The summed E-state index contributed by atoms with van der Waals surface area (Å²) in [6.45, 7) is 4.37. The minimum atomic E-state index is 0.427. The second kappa shape index (κ2) is 10.0. The van der Waals surface area contributed by atoms with Crippen LogP contribution in [0, 0.1) is 0 Å². The number of rotatable bonds is 8. The molecular formula is C23H30N4O2S2. The van der Waals surface area contributed by atoms with Gasteiger partial charge in [-0.05, 0) is 31.0 Å². The average molecular weight is 459 g/mol. The molecule has 31 heavy (non-hydrogen) atoms. The Morgan fingerprint density at radius 1 is 1.10 bits per heavy atom. The first-order chi connectivity index (χ1) is 15.1. The van der Waals surface area contributed by atoms with Crippen LogP contribution in [-0.2, 0) is 5.75 Å². The zero-order valence-electron chi connectivity index (χ0n) is 18.6. The van der Waals surface area contributed by atoms with E-state index in [0.29, 0.717) is 23.5 Å². The molecule has 1 aliphatic carbocycles. The first-order valence-electron chi connectivity index (χ1n) is 10.8. The van der Waals surface area contributed by atoms with Crippen molar-refractivity contribution in [2.45, 2.75) is 68.8 Å². The highest BCUT2D eigenvalue weighted by molar-refractivity contribution is 7.98. The minimum absolute atomic E-state index is 0.427. The van der Waals surface area contributed by atoms with Crippen LogP contribution in [0.15, 0.2) is 28.7 Å². The Labute approximate surface area is 192 Å². The average Bonchev–Trinajstić information content (AvgIpc) is 3.45. The Morgan fingerprint density at radius 3 is 2.55 bits per heavy atom. The summed E-state index contributed by atoms with van der Waals surface area (Å²) in [4.78, 5) is 4.78. The Morgan fingerprint density at radius 2 is 1.87 bits per heavy atom. The molecule has 0 radical (unpaired) electrons. The van der Waals surface area contributed by atoms with E-state index < -0.39 is 0 Å².